The first kappa shape index (κ1) is 26.8. The van der Waals surface area contributed by atoms with E-state index in [1.165, 1.54) is 89.9 Å². The zero-order valence-electron chi connectivity index (χ0n) is 19.2. The summed E-state index contributed by atoms with van der Waals surface area (Å²) in [6.45, 7) is 8.75. The van der Waals surface area contributed by atoms with Crippen molar-refractivity contribution >= 4 is 16.3 Å². The highest BCUT2D eigenvalue weighted by molar-refractivity contribution is 8.30. The standard InChI is InChI=1S/C24H50O2S/c1-5-9-10-11-12-13-14-15-16-17-18-19-20-21-22-23-24(25)26-27(6-2,7-3)8-4/h5-23H2,1-4H3. The average molecular weight is 403 g/mol. The van der Waals surface area contributed by atoms with Gasteiger partial charge in [0.25, 0.3) is 0 Å². The van der Waals surface area contributed by atoms with Crippen LogP contribution in [0.2, 0.25) is 0 Å². The first-order chi connectivity index (χ1) is 13.1. The third-order valence-electron chi connectivity index (χ3n) is 5.83. The third-order valence-corrected chi connectivity index (χ3v) is 9.53. The van der Waals surface area contributed by atoms with E-state index in [1.807, 2.05) is 0 Å². The minimum absolute atomic E-state index is 0.0465. The molecule has 0 N–H and O–H groups in total. The Morgan fingerprint density at radius 3 is 1.22 bits per heavy atom. The molecule has 0 spiro atoms. The van der Waals surface area contributed by atoms with Crippen LogP contribution < -0.4 is 0 Å². The van der Waals surface area contributed by atoms with Gasteiger partial charge >= 0.3 is 5.97 Å². The largest absolute Gasteiger partial charge is 0.415 e. The Morgan fingerprint density at radius 2 is 0.889 bits per heavy atom. The Labute approximate surface area is 173 Å². The molecular formula is C24H50O2S. The van der Waals surface area contributed by atoms with Crippen LogP contribution in [-0.2, 0) is 8.98 Å². The maximum atomic E-state index is 12.1. The van der Waals surface area contributed by atoms with Gasteiger partial charge in [-0.15, -0.1) is 0 Å². The van der Waals surface area contributed by atoms with Crippen molar-refractivity contribution in [3.8, 4) is 0 Å². The average Bonchev–Trinajstić information content (AvgIpc) is 2.69. The zero-order valence-corrected chi connectivity index (χ0v) is 20.0. The lowest BCUT2D eigenvalue weighted by Crippen LogP contribution is -2.17. The van der Waals surface area contributed by atoms with Crippen molar-refractivity contribution in [1.82, 2.24) is 0 Å². The van der Waals surface area contributed by atoms with Gasteiger partial charge in [-0.3, -0.25) is 4.79 Å². The Morgan fingerprint density at radius 1 is 0.556 bits per heavy atom. The number of hydrogen-bond acceptors (Lipinski definition) is 2. The van der Waals surface area contributed by atoms with Crippen molar-refractivity contribution in [2.24, 2.45) is 0 Å². The third kappa shape index (κ3) is 15.4. The predicted octanol–water partition coefficient (Wildman–Crippen LogP) is 8.57. The monoisotopic (exact) mass is 402 g/mol. The van der Waals surface area contributed by atoms with Gasteiger partial charge in [-0.25, -0.2) is 0 Å². The van der Waals surface area contributed by atoms with Gasteiger partial charge in [-0.1, -0.05) is 128 Å². The molecule has 0 saturated heterocycles. The molecule has 0 fully saturated rings. The van der Waals surface area contributed by atoms with E-state index >= 15 is 0 Å². The van der Waals surface area contributed by atoms with Crippen molar-refractivity contribution in [3.63, 3.8) is 0 Å². The molecule has 3 heteroatoms. The fraction of sp³-hybridized carbons (Fsp3) is 0.958. The SMILES string of the molecule is CCCCCCCCCCCCCCCCCC(=O)OS(CC)(CC)CC. The van der Waals surface area contributed by atoms with Crippen LogP contribution in [0.25, 0.3) is 0 Å². The summed E-state index contributed by atoms with van der Waals surface area (Å²) < 4.78 is 5.85. The molecule has 0 aliphatic rings. The van der Waals surface area contributed by atoms with Gasteiger partial charge in [0, 0.05) is 23.7 Å². The van der Waals surface area contributed by atoms with E-state index in [0.29, 0.717) is 6.42 Å². The Bertz CT molecular complexity index is 318. The first-order valence-corrected chi connectivity index (χ1v) is 14.2. The lowest BCUT2D eigenvalue weighted by atomic mass is 10.0. The molecule has 0 saturated carbocycles. The number of rotatable bonds is 20. The fourth-order valence-electron chi connectivity index (χ4n) is 3.67. The molecule has 164 valence electrons. The van der Waals surface area contributed by atoms with Crippen LogP contribution in [0.1, 0.15) is 130 Å². The normalized spacial score (nSPS) is 12.3. The van der Waals surface area contributed by atoms with E-state index in [1.54, 1.807) is 0 Å². The van der Waals surface area contributed by atoms with Crippen LogP contribution in [-0.4, -0.2) is 23.2 Å². The van der Waals surface area contributed by atoms with Gasteiger partial charge in [0.1, 0.15) is 0 Å². The van der Waals surface area contributed by atoms with Crippen LogP contribution in [0.5, 0.6) is 0 Å². The lowest BCUT2D eigenvalue weighted by molar-refractivity contribution is -0.133. The molecule has 0 radical (unpaired) electrons. The molecule has 27 heavy (non-hydrogen) atoms. The molecule has 0 bridgehead atoms. The smallest absolute Gasteiger partial charge is 0.316 e. The van der Waals surface area contributed by atoms with Crippen LogP contribution in [0.4, 0.5) is 0 Å². The number of carbonyl (C=O) groups is 1. The minimum Gasteiger partial charge on any atom is -0.415 e. The van der Waals surface area contributed by atoms with E-state index in [2.05, 4.69) is 27.7 Å². The highest BCUT2D eigenvalue weighted by Gasteiger charge is 2.22. The second-order valence-electron chi connectivity index (χ2n) is 7.99. The topological polar surface area (TPSA) is 26.3 Å². The Hall–Kier alpha value is -0.180. The second kappa shape index (κ2) is 19.2. The maximum absolute atomic E-state index is 12.1. The summed E-state index contributed by atoms with van der Waals surface area (Å²) in [6, 6.07) is 0. The van der Waals surface area contributed by atoms with Crippen molar-refractivity contribution in [2.45, 2.75) is 130 Å². The summed E-state index contributed by atoms with van der Waals surface area (Å²) in [6.07, 6.45) is 21.0. The van der Waals surface area contributed by atoms with E-state index in [0.717, 1.165) is 23.7 Å². The van der Waals surface area contributed by atoms with Gasteiger partial charge in [-0.2, -0.15) is 0 Å². The number of unbranched alkanes of at least 4 members (excludes halogenated alkanes) is 14. The summed E-state index contributed by atoms with van der Waals surface area (Å²) in [5.41, 5.74) is 0. The Kier molecular flexibility index (Phi) is 19.0. The summed E-state index contributed by atoms with van der Waals surface area (Å²) in [5, 5.41) is 0. The molecule has 0 amide bonds. The number of carbonyl (C=O) groups excluding carboxylic acids is 1. The lowest BCUT2D eigenvalue weighted by Gasteiger charge is -2.35. The highest BCUT2D eigenvalue weighted by atomic mass is 32.3. The molecule has 0 rings (SSSR count). The van der Waals surface area contributed by atoms with Gasteiger partial charge < -0.3 is 4.18 Å². The molecular weight excluding hydrogens is 352 g/mol. The minimum atomic E-state index is -1.13. The van der Waals surface area contributed by atoms with E-state index < -0.39 is 10.3 Å². The molecule has 0 aromatic carbocycles. The molecule has 0 atom stereocenters. The van der Waals surface area contributed by atoms with Crippen molar-refractivity contribution in [1.29, 1.82) is 0 Å². The predicted molar refractivity (Wildman–Crippen MR) is 125 cm³/mol. The van der Waals surface area contributed by atoms with Gasteiger partial charge in [0.05, 0.1) is 0 Å². The van der Waals surface area contributed by atoms with Crippen LogP contribution >= 0.6 is 10.3 Å². The maximum Gasteiger partial charge on any atom is 0.316 e. The fourth-order valence-corrected chi connectivity index (χ4v) is 5.72. The van der Waals surface area contributed by atoms with Crippen LogP contribution in [0, 0.1) is 0 Å². The molecule has 0 heterocycles. The van der Waals surface area contributed by atoms with E-state index in [9.17, 15) is 4.79 Å². The first-order valence-electron chi connectivity index (χ1n) is 12.1. The van der Waals surface area contributed by atoms with Crippen molar-refractivity contribution in [2.75, 3.05) is 17.3 Å². The molecule has 0 aliphatic carbocycles. The van der Waals surface area contributed by atoms with Gasteiger partial charge in [0.15, 0.2) is 0 Å². The molecule has 0 unspecified atom stereocenters. The summed E-state index contributed by atoms with van der Waals surface area (Å²) in [7, 11) is -1.13. The van der Waals surface area contributed by atoms with Crippen LogP contribution in [0.3, 0.4) is 0 Å². The van der Waals surface area contributed by atoms with Gasteiger partial charge in [-0.05, 0) is 6.42 Å². The zero-order chi connectivity index (χ0) is 20.2. The van der Waals surface area contributed by atoms with Crippen molar-refractivity contribution in [3.05, 3.63) is 0 Å². The van der Waals surface area contributed by atoms with E-state index in [4.69, 9.17) is 4.18 Å². The Balaban J connectivity index is 3.37. The van der Waals surface area contributed by atoms with Gasteiger partial charge in [0.2, 0.25) is 0 Å². The summed E-state index contributed by atoms with van der Waals surface area (Å²) in [4.78, 5) is 12.1. The van der Waals surface area contributed by atoms with E-state index in [-0.39, 0.29) is 5.97 Å². The number of hydrogen-bond donors (Lipinski definition) is 0. The van der Waals surface area contributed by atoms with Crippen molar-refractivity contribution < 1.29 is 8.98 Å². The molecule has 2 nitrogen and oxygen atoms in total. The summed E-state index contributed by atoms with van der Waals surface area (Å²) in [5.74, 6) is 3.06. The molecule has 0 aromatic rings. The highest BCUT2D eigenvalue weighted by Crippen LogP contribution is 2.48. The second-order valence-corrected chi connectivity index (χ2v) is 11.8. The quantitative estimate of drug-likeness (QED) is 0.191. The molecule has 0 aromatic heterocycles. The molecule has 0 aliphatic heterocycles. The van der Waals surface area contributed by atoms with Crippen LogP contribution in [0.15, 0.2) is 0 Å². The summed E-state index contributed by atoms with van der Waals surface area (Å²) >= 11 is 0.